The van der Waals surface area contributed by atoms with Gasteiger partial charge in [-0.2, -0.15) is 0 Å². The average Bonchev–Trinajstić information content (AvgIpc) is 2.26. The van der Waals surface area contributed by atoms with Gasteiger partial charge in [-0.3, -0.25) is 9.59 Å². The highest BCUT2D eigenvalue weighted by Crippen LogP contribution is 2.15. The SMILES string of the molecule is CCOC(=O)[C@H](C[C@H](C)C(N)=O)NC(=O)C(C)(C)C. The van der Waals surface area contributed by atoms with E-state index in [0.717, 1.165) is 0 Å². The molecule has 0 aliphatic rings. The number of ether oxygens (including phenoxy) is 1. The summed E-state index contributed by atoms with van der Waals surface area (Å²) in [5.74, 6) is -1.86. The Balaban J connectivity index is 4.82. The number of rotatable bonds is 6. The lowest BCUT2D eigenvalue weighted by atomic mass is 9.94. The Morgan fingerprint density at radius 1 is 1.26 bits per heavy atom. The van der Waals surface area contributed by atoms with Crippen LogP contribution in [0.25, 0.3) is 0 Å². The predicted octanol–water partition coefficient (Wildman–Crippen LogP) is 0.592. The van der Waals surface area contributed by atoms with Crippen molar-refractivity contribution in [2.45, 2.75) is 47.1 Å². The molecule has 0 rings (SSSR count). The van der Waals surface area contributed by atoms with Crippen LogP contribution in [0, 0.1) is 11.3 Å². The Bertz CT molecular complexity index is 347. The summed E-state index contributed by atoms with van der Waals surface area (Å²) < 4.78 is 4.89. The van der Waals surface area contributed by atoms with Gasteiger partial charge in [0.25, 0.3) is 0 Å². The summed E-state index contributed by atoms with van der Waals surface area (Å²) in [7, 11) is 0. The Morgan fingerprint density at radius 3 is 2.16 bits per heavy atom. The van der Waals surface area contributed by atoms with Gasteiger partial charge in [0.1, 0.15) is 6.04 Å². The topological polar surface area (TPSA) is 98.5 Å². The maximum Gasteiger partial charge on any atom is 0.328 e. The zero-order valence-electron chi connectivity index (χ0n) is 12.3. The minimum atomic E-state index is -0.853. The molecule has 0 fully saturated rings. The van der Waals surface area contributed by atoms with E-state index >= 15 is 0 Å². The second-order valence-electron chi connectivity index (χ2n) is 5.57. The first kappa shape index (κ1) is 17.4. The number of hydrogen-bond donors (Lipinski definition) is 2. The van der Waals surface area contributed by atoms with Gasteiger partial charge in [-0.1, -0.05) is 27.7 Å². The quantitative estimate of drug-likeness (QED) is 0.691. The van der Waals surface area contributed by atoms with Crippen molar-refractivity contribution >= 4 is 17.8 Å². The second kappa shape index (κ2) is 7.11. The predicted molar refractivity (Wildman–Crippen MR) is 71.0 cm³/mol. The Labute approximate surface area is 114 Å². The Kier molecular flexibility index (Phi) is 6.52. The number of primary amides is 1. The lowest BCUT2D eigenvalue weighted by Gasteiger charge is -2.24. The number of nitrogens with two attached hydrogens (primary N) is 1. The average molecular weight is 272 g/mol. The number of hydrogen-bond acceptors (Lipinski definition) is 4. The highest BCUT2D eigenvalue weighted by molar-refractivity contribution is 5.88. The fourth-order valence-corrected chi connectivity index (χ4v) is 1.30. The largest absolute Gasteiger partial charge is 0.464 e. The van der Waals surface area contributed by atoms with E-state index in [1.54, 1.807) is 34.6 Å². The van der Waals surface area contributed by atoms with E-state index in [0.29, 0.717) is 0 Å². The molecule has 0 unspecified atom stereocenters. The summed E-state index contributed by atoms with van der Waals surface area (Å²) in [6, 6.07) is -0.853. The molecule has 6 nitrogen and oxygen atoms in total. The summed E-state index contributed by atoms with van der Waals surface area (Å²) in [4.78, 5) is 34.7. The van der Waals surface area contributed by atoms with Crippen molar-refractivity contribution in [1.29, 1.82) is 0 Å². The molecule has 2 atom stereocenters. The highest BCUT2D eigenvalue weighted by Gasteiger charge is 2.30. The van der Waals surface area contributed by atoms with Gasteiger partial charge in [-0.05, 0) is 13.3 Å². The van der Waals surface area contributed by atoms with Crippen molar-refractivity contribution in [3.8, 4) is 0 Å². The van der Waals surface area contributed by atoms with Crippen LogP contribution < -0.4 is 11.1 Å². The maximum absolute atomic E-state index is 11.9. The molecule has 19 heavy (non-hydrogen) atoms. The molecular weight excluding hydrogens is 248 g/mol. The third-order valence-electron chi connectivity index (χ3n) is 2.63. The van der Waals surface area contributed by atoms with Crippen molar-refractivity contribution < 1.29 is 19.1 Å². The summed E-state index contributed by atoms with van der Waals surface area (Å²) >= 11 is 0. The van der Waals surface area contributed by atoms with Gasteiger partial charge in [-0.15, -0.1) is 0 Å². The fraction of sp³-hybridized carbons (Fsp3) is 0.769. The van der Waals surface area contributed by atoms with Gasteiger partial charge in [0.15, 0.2) is 0 Å². The molecule has 110 valence electrons. The molecule has 0 heterocycles. The van der Waals surface area contributed by atoms with E-state index in [1.807, 2.05) is 0 Å². The molecule has 0 aliphatic heterocycles. The van der Waals surface area contributed by atoms with Crippen LogP contribution in [-0.2, 0) is 19.1 Å². The lowest BCUT2D eigenvalue weighted by Crippen LogP contribution is -2.48. The number of amides is 2. The molecule has 0 bridgehead atoms. The number of carbonyl (C=O) groups is 3. The van der Waals surface area contributed by atoms with E-state index in [1.165, 1.54) is 0 Å². The standard InChI is InChI=1S/C13H24N2O4/c1-6-19-11(17)9(7-8(2)10(14)16)15-12(18)13(3,4)5/h8-9H,6-7H2,1-5H3,(H2,14,16)(H,15,18)/t8-,9-/m0/s1. The first-order chi connectivity index (χ1) is 8.59. The molecule has 6 heteroatoms. The third-order valence-corrected chi connectivity index (χ3v) is 2.63. The Morgan fingerprint density at radius 2 is 1.79 bits per heavy atom. The van der Waals surface area contributed by atoms with Crippen LogP contribution in [0.3, 0.4) is 0 Å². The zero-order valence-corrected chi connectivity index (χ0v) is 12.3. The van der Waals surface area contributed by atoms with Crippen LogP contribution in [0.4, 0.5) is 0 Å². The van der Waals surface area contributed by atoms with E-state index in [-0.39, 0.29) is 18.9 Å². The van der Waals surface area contributed by atoms with Gasteiger partial charge in [0.05, 0.1) is 6.61 Å². The monoisotopic (exact) mass is 272 g/mol. The van der Waals surface area contributed by atoms with Gasteiger partial charge < -0.3 is 15.8 Å². The van der Waals surface area contributed by atoms with Gasteiger partial charge in [0, 0.05) is 11.3 Å². The molecular formula is C13H24N2O4. The van der Waals surface area contributed by atoms with E-state index in [4.69, 9.17) is 10.5 Å². The molecule has 0 aromatic carbocycles. The summed E-state index contributed by atoms with van der Waals surface area (Å²) in [5.41, 5.74) is 4.55. The number of carbonyl (C=O) groups excluding carboxylic acids is 3. The van der Waals surface area contributed by atoms with Crippen LogP contribution in [-0.4, -0.2) is 30.4 Å². The summed E-state index contributed by atoms with van der Waals surface area (Å²) in [5, 5.41) is 2.61. The van der Waals surface area contributed by atoms with Crippen molar-refractivity contribution in [1.82, 2.24) is 5.32 Å². The third kappa shape index (κ3) is 6.22. The fourth-order valence-electron chi connectivity index (χ4n) is 1.30. The minimum Gasteiger partial charge on any atom is -0.464 e. The molecule has 0 aromatic heterocycles. The maximum atomic E-state index is 11.9. The second-order valence-corrected chi connectivity index (χ2v) is 5.57. The molecule has 0 spiro atoms. The van der Waals surface area contributed by atoms with Crippen molar-refractivity contribution in [3.63, 3.8) is 0 Å². The first-order valence-electron chi connectivity index (χ1n) is 6.36. The van der Waals surface area contributed by atoms with Crippen LogP contribution in [0.2, 0.25) is 0 Å². The van der Waals surface area contributed by atoms with Crippen molar-refractivity contribution in [2.75, 3.05) is 6.61 Å². The van der Waals surface area contributed by atoms with Crippen LogP contribution in [0.1, 0.15) is 41.0 Å². The molecule has 0 aromatic rings. The Hall–Kier alpha value is -1.59. The molecule has 0 saturated heterocycles. The highest BCUT2D eigenvalue weighted by atomic mass is 16.5. The van der Waals surface area contributed by atoms with Crippen LogP contribution in [0.15, 0.2) is 0 Å². The molecule has 2 amide bonds. The number of nitrogens with one attached hydrogen (secondary N) is 1. The van der Waals surface area contributed by atoms with Crippen molar-refractivity contribution in [2.24, 2.45) is 17.1 Å². The van der Waals surface area contributed by atoms with E-state index in [2.05, 4.69) is 5.32 Å². The molecule has 0 saturated carbocycles. The normalized spacial score (nSPS) is 14.4. The van der Waals surface area contributed by atoms with E-state index < -0.39 is 29.3 Å². The first-order valence-corrected chi connectivity index (χ1v) is 6.36. The molecule has 0 radical (unpaired) electrons. The van der Waals surface area contributed by atoms with E-state index in [9.17, 15) is 14.4 Å². The summed E-state index contributed by atoms with van der Waals surface area (Å²) in [6.07, 6.45) is 0.135. The smallest absolute Gasteiger partial charge is 0.328 e. The van der Waals surface area contributed by atoms with Gasteiger partial charge in [-0.25, -0.2) is 4.79 Å². The molecule has 0 aliphatic carbocycles. The zero-order chi connectivity index (χ0) is 15.2. The molecule has 3 N–H and O–H groups in total. The summed E-state index contributed by atoms with van der Waals surface area (Å²) in [6.45, 7) is 8.72. The lowest BCUT2D eigenvalue weighted by molar-refractivity contribution is -0.149. The van der Waals surface area contributed by atoms with Crippen LogP contribution >= 0.6 is 0 Å². The van der Waals surface area contributed by atoms with Crippen molar-refractivity contribution in [3.05, 3.63) is 0 Å². The van der Waals surface area contributed by atoms with Crippen LogP contribution in [0.5, 0.6) is 0 Å². The van der Waals surface area contributed by atoms with Gasteiger partial charge in [0.2, 0.25) is 11.8 Å². The minimum absolute atomic E-state index is 0.135. The van der Waals surface area contributed by atoms with Gasteiger partial charge >= 0.3 is 5.97 Å². The number of esters is 1.